The van der Waals surface area contributed by atoms with Crippen molar-refractivity contribution in [1.29, 1.82) is 0 Å². The summed E-state index contributed by atoms with van der Waals surface area (Å²) in [5.41, 5.74) is 6.81. The lowest BCUT2D eigenvalue weighted by Gasteiger charge is -2.18. The van der Waals surface area contributed by atoms with Crippen molar-refractivity contribution in [2.45, 2.75) is 31.1 Å². The molecule has 0 saturated carbocycles. The van der Waals surface area contributed by atoms with Crippen molar-refractivity contribution in [2.24, 2.45) is 11.7 Å². The van der Waals surface area contributed by atoms with Gasteiger partial charge in [-0.2, -0.15) is 0 Å². The first-order valence-corrected chi connectivity index (χ1v) is 11.1. The van der Waals surface area contributed by atoms with Crippen LogP contribution in [0.2, 0.25) is 0 Å². The van der Waals surface area contributed by atoms with Gasteiger partial charge >= 0.3 is 0 Å². The summed E-state index contributed by atoms with van der Waals surface area (Å²) in [6, 6.07) is 12.6. The topological polar surface area (TPSA) is 89.3 Å². The molecular formula is C20H20N2O3S2. The van der Waals surface area contributed by atoms with Crippen molar-refractivity contribution in [3.63, 3.8) is 0 Å². The molecule has 0 spiro atoms. The van der Waals surface area contributed by atoms with Gasteiger partial charge in [-0.05, 0) is 53.6 Å². The molecule has 1 atom stereocenters. The number of hydrogen-bond donors (Lipinski definition) is 2. The quantitative estimate of drug-likeness (QED) is 0.695. The summed E-state index contributed by atoms with van der Waals surface area (Å²) < 4.78 is 28.5. The molecule has 0 fully saturated rings. The number of carbonyl (C=O) groups excluding carboxylic acids is 1. The van der Waals surface area contributed by atoms with Gasteiger partial charge in [0.25, 0.3) is 15.9 Å². The van der Waals surface area contributed by atoms with Crippen LogP contribution < -0.4 is 10.5 Å². The van der Waals surface area contributed by atoms with Crippen LogP contribution in [0.25, 0.3) is 10.8 Å². The molecule has 3 aromatic rings. The second-order valence-electron chi connectivity index (χ2n) is 7.03. The molecule has 140 valence electrons. The third kappa shape index (κ3) is 3.33. The van der Waals surface area contributed by atoms with Crippen LogP contribution in [0, 0.1) is 5.92 Å². The first kappa shape index (κ1) is 18.0. The van der Waals surface area contributed by atoms with E-state index < -0.39 is 15.9 Å². The van der Waals surface area contributed by atoms with Crippen molar-refractivity contribution in [3.8, 4) is 0 Å². The van der Waals surface area contributed by atoms with Crippen molar-refractivity contribution in [1.82, 2.24) is 0 Å². The highest BCUT2D eigenvalue weighted by Gasteiger charge is 2.28. The number of benzene rings is 2. The number of thiophene rings is 1. The first-order valence-electron chi connectivity index (χ1n) is 8.81. The van der Waals surface area contributed by atoms with Crippen LogP contribution in [0.15, 0.2) is 47.4 Å². The van der Waals surface area contributed by atoms with Crippen molar-refractivity contribution in [2.75, 3.05) is 4.72 Å². The Labute approximate surface area is 162 Å². The number of rotatable bonds is 4. The summed E-state index contributed by atoms with van der Waals surface area (Å²) in [5.74, 6) is -0.0694. The van der Waals surface area contributed by atoms with Crippen molar-refractivity contribution in [3.05, 3.63) is 58.5 Å². The second kappa shape index (κ2) is 6.65. The number of nitrogens with two attached hydrogens (primary N) is 1. The van der Waals surface area contributed by atoms with Gasteiger partial charge in [0.2, 0.25) is 0 Å². The van der Waals surface area contributed by atoms with Gasteiger partial charge in [-0.1, -0.05) is 37.3 Å². The van der Waals surface area contributed by atoms with Crippen LogP contribution in [0.4, 0.5) is 5.00 Å². The zero-order valence-electron chi connectivity index (χ0n) is 14.9. The number of nitrogens with one attached hydrogen (secondary N) is 1. The molecule has 1 amide bonds. The number of hydrogen-bond acceptors (Lipinski definition) is 4. The van der Waals surface area contributed by atoms with E-state index in [0.29, 0.717) is 16.5 Å². The number of fused-ring (bicyclic) bond motifs is 2. The second-order valence-corrected chi connectivity index (χ2v) is 9.82. The number of amides is 1. The summed E-state index contributed by atoms with van der Waals surface area (Å²) in [6.45, 7) is 2.16. The summed E-state index contributed by atoms with van der Waals surface area (Å²) in [6.07, 6.45) is 2.57. The lowest BCUT2D eigenvalue weighted by Crippen LogP contribution is -2.19. The smallest absolute Gasteiger partial charge is 0.262 e. The molecule has 3 N–H and O–H groups in total. The largest absolute Gasteiger partial charge is 0.365 e. The van der Waals surface area contributed by atoms with Gasteiger partial charge in [-0.3, -0.25) is 9.52 Å². The predicted molar refractivity (Wildman–Crippen MR) is 109 cm³/mol. The Balaban J connectivity index is 1.75. The highest BCUT2D eigenvalue weighted by atomic mass is 32.2. The van der Waals surface area contributed by atoms with Gasteiger partial charge in [0.1, 0.15) is 5.00 Å². The zero-order chi connectivity index (χ0) is 19.2. The van der Waals surface area contributed by atoms with Crippen molar-refractivity contribution >= 4 is 43.0 Å². The maximum Gasteiger partial charge on any atom is 0.262 e. The van der Waals surface area contributed by atoms with Gasteiger partial charge in [0.05, 0.1) is 10.5 Å². The average molecular weight is 401 g/mol. The summed E-state index contributed by atoms with van der Waals surface area (Å²) in [5, 5.41) is 2.14. The fourth-order valence-electron chi connectivity index (χ4n) is 3.60. The molecular weight excluding hydrogens is 380 g/mol. The van der Waals surface area contributed by atoms with Gasteiger partial charge in [-0.25, -0.2) is 8.42 Å². The summed E-state index contributed by atoms with van der Waals surface area (Å²) >= 11 is 1.33. The number of carbonyl (C=O) groups is 1. The molecule has 1 aliphatic rings. The third-order valence-corrected chi connectivity index (χ3v) is 7.66. The molecule has 0 radical (unpaired) electrons. The maximum absolute atomic E-state index is 12.9. The molecule has 0 aliphatic heterocycles. The number of primary amides is 1. The molecule has 0 unspecified atom stereocenters. The Morgan fingerprint density at radius 2 is 1.93 bits per heavy atom. The van der Waals surface area contributed by atoms with E-state index in [1.165, 1.54) is 11.3 Å². The Hall–Kier alpha value is -2.38. The van der Waals surface area contributed by atoms with E-state index in [9.17, 15) is 13.2 Å². The molecule has 0 bridgehead atoms. The standard InChI is InChI=1S/C20H20N2O3S2/c1-12-6-9-16-17(10-12)26-20(18(16)19(21)23)22-27(24,25)15-8-7-13-4-2-3-5-14(13)11-15/h2-5,7-8,11-12,22H,6,9-10H2,1H3,(H2,21,23)/t12-/m1/s1. The molecule has 27 heavy (non-hydrogen) atoms. The van der Waals surface area contributed by atoms with E-state index in [0.717, 1.165) is 40.5 Å². The first-order chi connectivity index (χ1) is 12.8. The van der Waals surface area contributed by atoms with Crippen LogP contribution in [0.5, 0.6) is 0 Å². The van der Waals surface area contributed by atoms with Gasteiger partial charge in [0.15, 0.2) is 0 Å². The highest BCUT2D eigenvalue weighted by Crippen LogP contribution is 2.40. The predicted octanol–water partition coefficient (Wildman–Crippen LogP) is 3.93. The number of sulfonamides is 1. The van der Waals surface area contributed by atoms with Crippen LogP contribution in [0.1, 0.15) is 34.1 Å². The Morgan fingerprint density at radius 3 is 2.67 bits per heavy atom. The van der Waals surface area contributed by atoms with Crippen LogP contribution in [0.3, 0.4) is 0 Å². The molecule has 1 heterocycles. The molecule has 7 heteroatoms. The molecule has 4 rings (SSSR count). The van der Waals surface area contributed by atoms with Gasteiger partial charge < -0.3 is 5.73 Å². The van der Waals surface area contributed by atoms with Gasteiger partial charge in [0, 0.05) is 4.88 Å². The van der Waals surface area contributed by atoms with Crippen LogP contribution in [-0.4, -0.2) is 14.3 Å². The maximum atomic E-state index is 12.9. The minimum Gasteiger partial charge on any atom is -0.365 e. The Morgan fingerprint density at radius 1 is 1.19 bits per heavy atom. The molecule has 1 aliphatic carbocycles. The molecule has 0 saturated heterocycles. The Bertz CT molecular complexity index is 1150. The van der Waals surface area contributed by atoms with E-state index in [-0.39, 0.29) is 4.90 Å². The normalized spacial score (nSPS) is 16.9. The number of anilines is 1. The molecule has 5 nitrogen and oxygen atoms in total. The fourth-order valence-corrected chi connectivity index (χ4v) is 6.36. The third-order valence-electron chi connectivity index (χ3n) is 5.02. The minimum atomic E-state index is -3.82. The molecule has 1 aromatic heterocycles. The lowest BCUT2D eigenvalue weighted by molar-refractivity contribution is 0.100. The van der Waals surface area contributed by atoms with Crippen LogP contribution in [-0.2, 0) is 22.9 Å². The monoisotopic (exact) mass is 400 g/mol. The minimum absolute atomic E-state index is 0.163. The fraction of sp³-hybridized carbons (Fsp3) is 0.250. The van der Waals surface area contributed by atoms with E-state index in [4.69, 9.17) is 5.73 Å². The summed E-state index contributed by atoms with van der Waals surface area (Å²) in [7, 11) is -3.82. The van der Waals surface area contributed by atoms with E-state index in [1.807, 2.05) is 24.3 Å². The summed E-state index contributed by atoms with van der Waals surface area (Å²) in [4.78, 5) is 13.2. The highest BCUT2D eigenvalue weighted by molar-refractivity contribution is 7.93. The van der Waals surface area contributed by atoms with E-state index in [1.54, 1.807) is 18.2 Å². The lowest BCUT2D eigenvalue weighted by atomic mass is 9.88. The average Bonchev–Trinajstić information content (AvgIpc) is 2.97. The molecule has 2 aromatic carbocycles. The SMILES string of the molecule is C[C@@H]1CCc2c(sc(NS(=O)(=O)c3ccc4ccccc4c3)c2C(N)=O)C1. The van der Waals surface area contributed by atoms with Crippen molar-refractivity contribution < 1.29 is 13.2 Å². The zero-order valence-corrected chi connectivity index (χ0v) is 16.5. The van der Waals surface area contributed by atoms with Crippen LogP contribution >= 0.6 is 11.3 Å². The van der Waals surface area contributed by atoms with E-state index in [2.05, 4.69) is 11.6 Å². The van der Waals surface area contributed by atoms with E-state index >= 15 is 0 Å². The Kier molecular flexibility index (Phi) is 4.44. The van der Waals surface area contributed by atoms with Gasteiger partial charge in [-0.15, -0.1) is 11.3 Å².